The molecule has 0 bridgehead atoms. The van der Waals surface area contributed by atoms with Crippen LogP contribution in [0.5, 0.6) is 17.2 Å². The molecule has 1 atom stereocenters. The van der Waals surface area contributed by atoms with Crippen molar-refractivity contribution in [2.24, 2.45) is 4.99 Å². The molecule has 0 spiro atoms. The van der Waals surface area contributed by atoms with Gasteiger partial charge >= 0.3 is 5.97 Å². The van der Waals surface area contributed by atoms with Crippen LogP contribution in [0.25, 0.3) is 6.08 Å². The fourth-order valence-electron chi connectivity index (χ4n) is 4.77. The predicted octanol–water partition coefficient (Wildman–Crippen LogP) is 4.53. The lowest BCUT2D eigenvalue weighted by Crippen LogP contribution is -2.40. The van der Waals surface area contributed by atoms with Crippen molar-refractivity contribution in [1.82, 2.24) is 4.57 Å². The van der Waals surface area contributed by atoms with Crippen LogP contribution in [0.3, 0.4) is 0 Å². The number of carbonyl (C=O) groups excluding carboxylic acids is 1. The average molecular weight is 589 g/mol. The lowest BCUT2D eigenvalue weighted by atomic mass is 9.95. The Hall–Kier alpha value is -4.70. The zero-order valence-electron chi connectivity index (χ0n) is 23.5. The molecule has 4 aromatic rings. The number of benzene rings is 3. The molecule has 0 aliphatic carbocycles. The minimum Gasteiger partial charge on any atom is -0.493 e. The molecule has 1 unspecified atom stereocenters. The van der Waals surface area contributed by atoms with E-state index >= 15 is 0 Å². The molecule has 3 aromatic carbocycles. The summed E-state index contributed by atoms with van der Waals surface area (Å²) in [5, 5.41) is 0. The molecule has 8 nitrogen and oxygen atoms in total. The molecule has 0 fully saturated rings. The van der Waals surface area contributed by atoms with E-state index in [4.69, 9.17) is 18.9 Å². The molecule has 0 N–H and O–H groups in total. The second-order valence-corrected chi connectivity index (χ2v) is 10.3. The number of hydrogen-bond acceptors (Lipinski definition) is 8. The molecule has 1 aliphatic rings. The van der Waals surface area contributed by atoms with Crippen LogP contribution in [-0.2, 0) is 16.1 Å². The number of rotatable bonds is 9. The summed E-state index contributed by atoms with van der Waals surface area (Å²) in [6.45, 7) is 3.64. The number of carbonyl (C=O) groups is 1. The van der Waals surface area contributed by atoms with Gasteiger partial charge in [-0.05, 0) is 49.8 Å². The number of fused-ring (bicyclic) bond motifs is 1. The number of para-hydroxylation sites is 1. The SMILES string of the molecule is CCOC(=O)C1=C(C)N=c2s/c(=C\c3ccccc3OCc3ccccc3F)c(=O)n2C1c1ccc(OC)c(OC)c1. The Kier molecular flexibility index (Phi) is 8.53. The highest BCUT2D eigenvalue weighted by Gasteiger charge is 2.34. The molecular weight excluding hydrogens is 559 g/mol. The minimum atomic E-state index is -0.810. The molecule has 0 saturated carbocycles. The van der Waals surface area contributed by atoms with Crippen LogP contribution >= 0.6 is 11.3 Å². The normalized spacial score (nSPS) is 14.7. The first-order valence-electron chi connectivity index (χ1n) is 13.2. The van der Waals surface area contributed by atoms with Gasteiger partial charge in [-0.3, -0.25) is 9.36 Å². The lowest BCUT2D eigenvalue weighted by Gasteiger charge is -2.25. The average Bonchev–Trinajstić information content (AvgIpc) is 3.30. The Morgan fingerprint density at radius 1 is 1.02 bits per heavy atom. The largest absolute Gasteiger partial charge is 0.493 e. The Morgan fingerprint density at radius 2 is 1.76 bits per heavy atom. The summed E-state index contributed by atoms with van der Waals surface area (Å²) in [7, 11) is 3.05. The number of methoxy groups -OCH3 is 2. The zero-order chi connectivity index (χ0) is 29.8. The molecule has 216 valence electrons. The van der Waals surface area contributed by atoms with Crippen LogP contribution in [-0.4, -0.2) is 31.4 Å². The Morgan fingerprint density at radius 3 is 2.50 bits per heavy atom. The van der Waals surface area contributed by atoms with E-state index in [0.717, 1.165) is 0 Å². The van der Waals surface area contributed by atoms with Crippen molar-refractivity contribution in [2.45, 2.75) is 26.5 Å². The summed E-state index contributed by atoms with van der Waals surface area (Å²) >= 11 is 1.20. The zero-order valence-corrected chi connectivity index (χ0v) is 24.4. The quantitative estimate of drug-likeness (QED) is 0.267. The van der Waals surface area contributed by atoms with Gasteiger partial charge in [0, 0.05) is 11.1 Å². The molecular formula is C32H29FN2O6S. The fraction of sp³-hybridized carbons (Fsp3) is 0.219. The number of aromatic nitrogens is 1. The molecule has 1 aliphatic heterocycles. The van der Waals surface area contributed by atoms with Crippen molar-refractivity contribution in [2.75, 3.05) is 20.8 Å². The first kappa shape index (κ1) is 28.8. The summed E-state index contributed by atoms with van der Waals surface area (Å²) < 4.78 is 38.3. The summed E-state index contributed by atoms with van der Waals surface area (Å²) in [6, 6.07) is 18.1. The number of halogens is 1. The number of ether oxygens (including phenoxy) is 4. The topological polar surface area (TPSA) is 88.4 Å². The van der Waals surface area contributed by atoms with E-state index in [1.54, 1.807) is 62.4 Å². The highest BCUT2D eigenvalue weighted by molar-refractivity contribution is 7.07. The highest BCUT2D eigenvalue weighted by Crippen LogP contribution is 2.36. The fourth-order valence-corrected chi connectivity index (χ4v) is 5.81. The first-order valence-corrected chi connectivity index (χ1v) is 14.0. The summed E-state index contributed by atoms with van der Waals surface area (Å²) in [6.07, 6.45) is 1.72. The summed E-state index contributed by atoms with van der Waals surface area (Å²) in [5.41, 5.74) is 2.07. The third-order valence-corrected chi connectivity index (χ3v) is 7.77. The van der Waals surface area contributed by atoms with Gasteiger partial charge in [0.2, 0.25) is 0 Å². The maximum Gasteiger partial charge on any atom is 0.338 e. The molecule has 1 aromatic heterocycles. The van der Waals surface area contributed by atoms with Gasteiger partial charge in [-0.2, -0.15) is 0 Å². The maximum absolute atomic E-state index is 14.2. The van der Waals surface area contributed by atoms with Crippen LogP contribution in [0.2, 0.25) is 0 Å². The van der Waals surface area contributed by atoms with E-state index in [9.17, 15) is 14.0 Å². The van der Waals surface area contributed by atoms with Gasteiger partial charge < -0.3 is 18.9 Å². The third kappa shape index (κ3) is 5.58. The molecule has 0 amide bonds. The Balaban J connectivity index is 1.63. The highest BCUT2D eigenvalue weighted by atomic mass is 32.1. The van der Waals surface area contributed by atoms with Crippen molar-refractivity contribution < 1.29 is 28.1 Å². The van der Waals surface area contributed by atoms with Crippen molar-refractivity contribution in [1.29, 1.82) is 0 Å². The van der Waals surface area contributed by atoms with Crippen LogP contribution in [0.4, 0.5) is 4.39 Å². The monoisotopic (exact) mass is 588 g/mol. The Labute approximate surface area is 245 Å². The van der Waals surface area contributed by atoms with E-state index < -0.39 is 12.0 Å². The van der Waals surface area contributed by atoms with Crippen LogP contribution in [0.1, 0.15) is 36.6 Å². The van der Waals surface area contributed by atoms with Crippen LogP contribution in [0.15, 0.2) is 87.8 Å². The van der Waals surface area contributed by atoms with E-state index in [2.05, 4.69) is 4.99 Å². The van der Waals surface area contributed by atoms with Gasteiger partial charge in [-0.1, -0.05) is 53.8 Å². The summed E-state index contributed by atoms with van der Waals surface area (Å²) in [5.74, 6) is 0.548. The second kappa shape index (κ2) is 12.4. The van der Waals surface area contributed by atoms with Gasteiger partial charge in [0.1, 0.15) is 18.2 Å². The van der Waals surface area contributed by atoms with E-state index in [1.165, 1.54) is 36.2 Å². The van der Waals surface area contributed by atoms with E-state index in [-0.39, 0.29) is 30.2 Å². The molecule has 42 heavy (non-hydrogen) atoms. The molecule has 0 radical (unpaired) electrons. The molecule has 10 heteroatoms. The minimum absolute atomic E-state index is 0.0280. The standard InChI is InChI=1S/C32H29FN2O6S/c1-5-40-31(37)28-19(2)34-32-35(29(28)21-14-15-25(38-3)26(16-21)39-4)30(36)27(42-32)17-20-10-7-9-13-24(20)41-18-22-11-6-8-12-23(22)33/h6-17,29H,5,18H2,1-4H3/b27-17-. The van der Waals surface area contributed by atoms with E-state index in [1.807, 2.05) is 18.2 Å². The second-order valence-electron chi connectivity index (χ2n) is 9.33. The molecule has 2 heterocycles. The maximum atomic E-state index is 14.2. The first-order chi connectivity index (χ1) is 20.4. The number of thiazole rings is 1. The summed E-state index contributed by atoms with van der Waals surface area (Å²) in [4.78, 5) is 32.3. The van der Waals surface area contributed by atoms with Gasteiger partial charge in [0.05, 0.1) is 42.7 Å². The predicted molar refractivity (Wildman–Crippen MR) is 157 cm³/mol. The third-order valence-electron chi connectivity index (χ3n) is 6.79. The van der Waals surface area contributed by atoms with Gasteiger partial charge in [0.25, 0.3) is 5.56 Å². The number of allylic oxidation sites excluding steroid dienone is 1. The van der Waals surface area contributed by atoms with Crippen LogP contribution < -0.4 is 29.1 Å². The van der Waals surface area contributed by atoms with Crippen molar-refractivity contribution >= 4 is 23.4 Å². The van der Waals surface area contributed by atoms with Gasteiger partial charge in [0.15, 0.2) is 16.3 Å². The Bertz CT molecular complexity index is 1860. The van der Waals surface area contributed by atoms with Gasteiger partial charge in [-0.25, -0.2) is 14.2 Å². The number of nitrogens with zero attached hydrogens (tertiary/aromatic N) is 2. The van der Waals surface area contributed by atoms with E-state index in [0.29, 0.717) is 49.0 Å². The molecule has 5 rings (SSSR count). The molecule has 0 saturated heterocycles. The van der Waals surface area contributed by atoms with Crippen molar-refractivity contribution in [3.05, 3.63) is 120 Å². The lowest BCUT2D eigenvalue weighted by molar-refractivity contribution is -0.139. The number of hydrogen-bond donors (Lipinski definition) is 0. The number of esters is 1. The van der Waals surface area contributed by atoms with Crippen LogP contribution in [0, 0.1) is 5.82 Å². The van der Waals surface area contributed by atoms with Crippen molar-refractivity contribution in [3.63, 3.8) is 0 Å². The van der Waals surface area contributed by atoms with Crippen molar-refractivity contribution in [3.8, 4) is 17.2 Å². The smallest absolute Gasteiger partial charge is 0.338 e. The van der Waals surface area contributed by atoms with Gasteiger partial charge in [-0.15, -0.1) is 0 Å².